The summed E-state index contributed by atoms with van der Waals surface area (Å²) in [6, 6.07) is 6.47. The van der Waals surface area contributed by atoms with Crippen LogP contribution in [0.2, 0.25) is 0 Å². The molecule has 0 radical (unpaired) electrons. The number of benzene rings is 1. The average molecular weight is 357 g/mol. The van der Waals surface area contributed by atoms with Crippen molar-refractivity contribution in [3.63, 3.8) is 0 Å². The molecule has 0 spiro atoms. The maximum Gasteiger partial charge on any atom is 0.318 e. The standard InChI is InChI=1S/C11H9BrN4O3S/c12-7-3-1-6(2-4-7)9-15-16-11(19-9)20-5-8(17)14-10(13)18/h1-4H,5H2,(H3,13,14,17,18). The summed E-state index contributed by atoms with van der Waals surface area (Å²) in [4.78, 5) is 21.7. The molecule has 0 aliphatic rings. The zero-order valence-corrected chi connectivity index (χ0v) is 12.4. The summed E-state index contributed by atoms with van der Waals surface area (Å²) >= 11 is 4.35. The second kappa shape index (κ2) is 6.53. The number of aromatic nitrogens is 2. The molecule has 2 rings (SSSR count). The molecule has 0 saturated carbocycles. The number of hydrogen-bond donors (Lipinski definition) is 2. The lowest BCUT2D eigenvalue weighted by Crippen LogP contribution is -2.36. The molecule has 9 heteroatoms. The number of nitrogens with zero attached hydrogens (tertiary/aromatic N) is 2. The quantitative estimate of drug-likeness (QED) is 0.807. The van der Waals surface area contributed by atoms with Gasteiger partial charge in [0.1, 0.15) is 0 Å². The van der Waals surface area contributed by atoms with Crippen molar-refractivity contribution < 1.29 is 14.0 Å². The van der Waals surface area contributed by atoms with Crippen molar-refractivity contribution in [2.45, 2.75) is 5.22 Å². The monoisotopic (exact) mass is 356 g/mol. The highest BCUT2D eigenvalue weighted by Gasteiger charge is 2.11. The van der Waals surface area contributed by atoms with Gasteiger partial charge in [-0.15, -0.1) is 10.2 Å². The van der Waals surface area contributed by atoms with Crippen LogP contribution in [-0.4, -0.2) is 27.9 Å². The minimum absolute atomic E-state index is 0.0368. The fourth-order valence-corrected chi connectivity index (χ4v) is 2.11. The molecule has 20 heavy (non-hydrogen) atoms. The summed E-state index contributed by atoms with van der Waals surface area (Å²) in [6.07, 6.45) is 0. The predicted octanol–water partition coefficient (Wildman–Crippen LogP) is 1.79. The largest absolute Gasteiger partial charge is 0.411 e. The van der Waals surface area contributed by atoms with Gasteiger partial charge in [0.2, 0.25) is 11.8 Å². The molecular weight excluding hydrogens is 348 g/mol. The Morgan fingerprint density at radius 1 is 1.30 bits per heavy atom. The Morgan fingerprint density at radius 3 is 2.65 bits per heavy atom. The van der Waals surface area contributed by atoms with Gasteiger partial charge in [-0.1, -0.05) is 27.7 Å². The van der Waals surface area contributed by atoms with E-state index >= 15 is 0 Å². The highest BCUT2D eigenvalue weighted by molar-refractivity contribution is 9.10. The van der Waals surface area contributed by atoms with Gasteiger partial charge >= 0.3 is 6.03 Å². The summed E-state index contributed by atoms with van der Waals surface area (Å²) in [7, 11) is 0. The third-order valence-electron chi connectivity index (χ3n) is 2.09. The van der Waals surface area contributed by atoms with E-state index in [1.54, 1.807) is 0 Å². The summed E-state index contributed by atoms with van der Waals surface area (Å²) in [5.41, 5.74) is 5.59. The zero-order chi connectivity index (χ0) is 14.5. The molecule has 104 valence electrons. The number of primary amides is 1. The van der Waals surface area contributed by atoms with E-state index in [2.05, 4.69) is 26.1 Å². The molecule has 0 aliphatic heterocycles. The highest BCUT2D eigenvalue weighted by Crippen LogP contribution is 2.24. The Hall–Kier alpha value is -1.87. The number of carbonyl (C=O) groups excluding carboxylic acids is 2. The van der Waals surface area contributed by atoms with E-state index in [4.69, 9.17) is 10.2 Å². The van der Waals surface area contributed by atoms with E-state index in [0.29, 0.717) is 5.89 Å². The van der Waals surface area contributed by atoms with Crippen LogP contribution in [0.4, 0.5) is 4.79 Å². The number of nitrogens with one attached hydrogen (secondary N) is 1. The van der Waals surface area contributed by atoms with E-state index in [-0.39, 0.29) is 11.0 Å². The van der Waals surface area contributed by atoms with Crippen LogP contribution in [-0.2, 0) is 4.79 Å². The van der Waals surface area contributed by atoms with E-state index < -0.39 is 11.9 Å². The highest BCUT2D eigenvalue weighted by atomic mass is 79.9. The van der Waals surface area contributed by atoms with Gasteiger partial charge in [-0.3, -0.25) is 10.1 Å². The van der Waals surface area contributed by atoms with Crippen molar-refractivity contribution in [3.8, 4) is 11.5 Å². The molecule has 1 aromatic carbocycles. The zero-order valence-electron chi connectivity index (χ0n) is 10.00. The van der Waals surface area contributed by atoms with Crippen LogP contribution in [0.15, 0.2) is 38.4 Å². The van der Waals surface area contributed by atoms with Crippen molar-refractivity contribution in [1.82, 2.24) is 15.5 Å². The topological polar surface area (TPSA) is 111 Å². The van der Waals surface area contributed by atoms with Gasteiger partial charge in [-0.2, -0.15) is 0 Å². The smallest absolute Gasteiger partial charge is 0.318 e. The molecule has 2 aromatic rings. The molecule has 3 N–H and O–H groups in total. The van der Waals surface area contributed by atoms with Crippen molar-refractivity contribution in [3.05, 3.63) is 28.7 Å². The first kappa shape index (κ1) is 14.5. The van der Waals surface area contributed by atoms with Crippen LogP contribution in [0, 0.1) is 0 Å². The molecule has 1 heterocycles. The number of imide groups is 1. The second-order valence-corrected chi connectivity index (χ2v) is 5.42. The van der Waals surface area contributed by atoms with Gasteiger partial charge in [0.15, 0.2) is 0 Å². The number of urea groups is 1. The van der Waals surface area contributed by atoms with Crippen molar-refractivity contribution in [2.75, 3.05) is 5.75 Å². The normalized spacial score (nSPS) is 10.2. The molecule has 3 amide bonds. The maximum absolute atomic E-state index is 11.2. The lowest BCUT2D eigenvalue weighted by atomic mass is 10.2. The van der Waals surface area contributed by atoms with Crippen LogP contribution >= 0.6 is 27.7 Å². The maximum atomic E-state index is 11.2. The second-order valence-electron chi connectivity index (χ2n) is 3.58. The van der Waals surface area contributed by atoms with E-state index in [1.807, 2.05) is 29.6 Å². The van der Waals surface area contributed by atoms with E-state index in [1.165, 1.54) is 0 Å². The Labute approximate surface area is 126 Å². The third kappa shape index (κ3) is 4.07. The molecule has 0 fully saturated rings. The molecule has 0 atom stereocenters. The predicted molar refractivity (Wildman–Crippen MR) is 75.9 cm³/mol. The number of halogens is 1. The Morgan fingerprint density at radius 2 is 2.00 bits per heavy atom. The number of nitrogens with two attached hydrogens (primary N) is 1. The molecule has 0 unspecified atom stereocenters. The van der Waals surface area contributed by atoms with Crippen LogP contribution in [0.3, 0.4) is 0 Å². The van der Waals surface area contributed by atoms with Gasteiger partial charge in [-0.25, -0.2) is 4.79 Å². The first-order valence-electron chi connectivity index (χ1n) is 5.36. The van der Waals surface area contributed by atoms with E-state index in [0.717, 1.165) is 21.8 Å². The van der Waals surface area contributed by atoms with Gasteiger partial charge < -0.3 is 10.2 Å². The number of rotatable bonds is 4. The fraction of sp³-hybridized carbons (Fsp3) is 0.0909. The lowest BCUT2D eigenvalue weighted by Gasteiger charge is -1.97. The lowest BCUT2D eigenvalue weighted by molar-refractivity contribution is -0.117. The Bertz CT molecular complexity index is 629. The number of carbonyl (C=O) groups is 2. The number of hydrogen-bond acceptors (Lipinski definition) is 6. The van der Waals surface area contributed by atoms with Crippen LogP contribution in [0.1, 0.15) is 0 Å². The fourth-order valence-electron chi connectivity index (χ4n) is 1.28. The summed E-state index contributed by atoms with van der Waals surface area (Å²) in [5.74, 6) is -0.202. The van der Waals surface area contributed by atoms with E-state index in [9.17, 15) is 9.59 Å². The van der Waals surface area contributed by atoms with Crippen molar-refractivity contribution in [2.24, 2.45) is 5.73 Å². The van der Waals surface area contributed by atoms with Gasteiger partial charge in [-0.05, 0) is 24.3 Å². The van der Waals surface area contributed by atoms with Crippen LogP contribution in [0.25, 0.3) is 11.5 Å². The SMILES string of the molecule is NC(=O)NC(=O)CSc1nnc(-c2ccc(Br)cc2)o1. The van der Waals surface area contributed by atoms with Gasteiger partial charge in [0, 0.05) is 10.0 Å². The summed E-state index contributed by atoms with van der Waals surface area (Å²) in [6.45, 7) is 0. The molecule has 0 bridgehead atoms. The molecule has 1 aromatic heterocycles. The average Bonchev–Trinajstić information content (AvgIpc) is 2.85. The third-order valence-corrected chi connectivity index (χ3v) is 3.43. The Kier molecular flexibility index (Phi) is 4.74. The van der Waals surface area contributed by atoms with Crippen molar-refractivity contribution >= 4 is 39.6 Å². The minimum Gasteiger partial charge on any atom is -0.411 e. The van der Waals surface area contributed by atoms with Gasteiger partial charge in [0.25, 0.3) is 5.22 Å². The minimum atomic E-state index is -0.892. The summed E-state index contributed by atoms with van der Waals surface area (Å²) < 4.78 is 6.34. The summed E-state index contributed by atoms with van der Waals surface area (Å²) in [5, 5.41) is 9.86. The molecule has 0 saturated heterocycles. The molecule has 7 nitrogen and oxygen atoms in total. The van der Waals surface area contributed by atoms with Gasteiger partial charge in [0.05, 0.1) is 5.75 Å². The number of amides is 3. The first-order chi connectivity index (χ1) is 9.54. The Balaban J connectivity index is 1.97. The van der Waals surface area contributed by atoms with Crippen molar-refractivity contribution in [1.29, 1.82) is 0 Å². The van der Waals surface area contributed by atoms with Crippen LogP contribution in [0.5, 0.6) is 0 Å². The van der Waals surface area contributed by atoms with Crippen LogP contribution < -0.4 is 11.1 Å². The number of thioether (sulfide) groups is 1. The molecular formula is C11H9BrN4O3S. The molecule has 0 aliphatic carbocycles. The first-order valence-corrected chi connectivity index (χ1v) is 7.14.